The van der Waals surface area contributed by atoms with E-state index in [4.69, 9.17) is 11.0 Å². The Bertz CT molecular complexity index is 381. The molecule has 3 atom stereocenters. The molecule has 4 heteroatoms. The van der Waals surface area contributed by atoms with Gasteiger partial charge in [0.25, 0.3) is 0 Å². The fourth-order valence-electron chi connectivity index (χ4n) is 2.79. The van der Waals surface area contributed by atoms with Crippen LogP contribution in [0, 0.1) is 34.0 Å². The lowest BCUT2D eigenvalue weighted by Crippen LogP contribution is -2.52. The molecule has 0 spiro atoms. The highest BCUT2D eigenvalue weighted by Crippen LogP contribution is 2.44. The third kappa shape index (κ3) is 3.48. The first kappa shape index (κ1) is 16.0. The van der Waals surface area contributed by atoms with Crippen LogP contribution in [0.1, 0.15) is 47.5 Å². The summed E-state index contributed by atoms with van der Waals surface area (Å²) >= 11 is 0. The lowest BCUT2D eigenvalue weighted by molar-refractivity contribution is -0.132. The van der Waals surface area contributed by atoms with Crippen LogP contribution in [-0.2, 0) is 4.79 Å². The number of carbonyl (C=O) groups excluding carboxylic acids is 1. The molecule has 3 unspecified atom stereocenters. The summed E-state index contributed by atoms with van der Waals surface area (Å²) in [5.74, 6) is 0.366. The average molecular weight is 265 g/mol. The number of nitrogens with zero attached hydrogens (tertiary/aromatic N) is 1. The van der Waals surface area contributed by atoms with Gasteiger partial charge in [-0.2, -0.15) is 5.26 Å². The number of nitrogens with two attached hydrogens (primary N) is 1. The second-order valence-corrected chi connectivity index (χ2v) is 7.12. The summed E-state index contributed by atoms with van der Waals surface area (Å²) in [4.78, 5) is 12.4. The topological polar surface area (TPSA) is 78.9 Å². The minimum atomic E-state index is -0.517. The molecule has 1 fully saturated rings. The molecular weight excluding hydrogens is 238 g/mol. The Balaban J connectivity index is 2.70. The fraction of sp³-hybridized carbons (Fsp3) is 0.867. The molecule has 0 radical (unpaired) electrons. The van der Waals surface area contributed by atoms with Crippen molar-refractivity contribution in [2.45, 2.75) is 53.5 Å². The third-order valence-electron chi connectivity index (χ3n) is 4.83. The molecule has 0 saturated heterocycles. The van der Waals surface area contributed by atoms with Gasteiger partial charge in [0.1, 0.15) is 0 Å². The van der Waals surface area contributed by atoms with Crippen LogP contribution in [0.25, 0.3) is 0 Å². The van der Waals surface area contributed by atoms with Gasteiger partial charge >= 0.3 is 0 Å². The summed E-state index contributed by atoms with van der Waals surface area (Å²) in [5.41, 5.74) is 5.49. The highest BCUT2D eigenvalue weighted by molar-refractivity contribution is 5.79. The van der Waals surface area contributed by atoms with E-state index >= 15 is 0 Å². The van der Waals surface area contributed by atoms with Gasteiger partial charge in [0.2, 0.25) is 5.91 Å². The minimum Gasteiger partial charge on any atom is -0.354 e. The lowest BCUT2D eigenvalue weighted by atomic mass is 9.61. The SMILES string of the molecule is CC1C(N)CCC(C(=O)NCC(C)(C)C#N)C1(C)C. The van der Waals surface area contributed by atoms with E-state index in [0.29, 0.717) is 12.5 Å². The summed E-state index contributed by atoms with van der Waals surface area (Å²) < 4.78 is 0. The zero-order chi connectivity index (χ0) is 14.8. The predicted molar refractivity (Wildman–Crippen MR) is 76.0 cm³/mol. The van der Waals surface area contributed by atoms with Crippen molar-refractivity contribution >= 4 is 5.91 Å². The molecule has 0 aromatic rings. The molecule has 1 amide bonds. The van der Waals surface area contributed by atoms with Crippen LogP contribution in [0.15, 0.2) is 0 Å². The number of hydrogen-bond acceptors (Lipinski definition) is 3. The first-order valence-electron chi connectivity index (χ1n) is 7.06. The van der Waals surface area contributed by atoms with Crippen LogP contribution >= 0.6 is 0 Å². The molecule has 0 aromatic heterocycles. The van der Waals surface area contributed by atoms with E-state index in [-0.39, 0.29) is 23.3 Å². The smallest absolute Gasteiger partial charge is 0.223 e. The van der Waals surface area contributed by atoms with E-state index in [2.05, 4.69) is 32.2 Å². The van der Waals surface area contributed by atoms with Gasteiger partial charge in [-0.15, -0.1) is 0 Å². The Kier molecular flexibility index (Phi) is 4.63. The molecule has 3 N–H and O–H groups in total. The lowest BCUT2D eigenvalue weighted by Gasteiger charge is -2.46. The van der Waals surface area contributed by atoms with E-state index in [1.807, 2.05) is 13.8 Å². The van der Waals surface area contributed by atoms with Gasteiger partial charge in [-0.25, -0.2) is 0 Å². The van der Waals surface area contributed by atoms with Crippen LogP contribution in [0.4, 0.5) is 0 Å². The van der Waals surface area contributed by atoms with Crippen molar-refractivity contribution in [3.63, 3.8) is 0 Å². The van der Waals surface area contributed by atoms with Gasteiger partial charge < -0.3 is 11.1 Å². The maximum absolute atomic E-state index is 12.4. The standard InChI is InChI=1S/C15H27N3O/c1-10-12(17)7-6-11(15(10,4)5)13(19)18-9-14(2,3)8-16/h10-12H,6-7,9,17H2,1-5H3,(H,18,19). The van der Waals surface area contributed by atoms with Crippen LogP contribution in [0.2, 0.25) is 0 Å². The summed E-state index contributed by atoms with van der Waals surface area (Å²) in [7, 11) is 0. The first-order valence-corrected chi connectivity index (χ1v) is 7.06. The van der Waals surface area contributed by atoms with Gasteiger partial charge in [0.15, 0.2) is 0 Å². The largest absolute Gasteiger partial charge is 0.354 e. The molecule has 1 saturated carbocycles. The molecule has 0 heterocycles. The Hall–Kier alpha value is -1.08. The van der Waals surface area contributed by atoms with E-state index in [0.717, 1.165) is 12.8 Å². The molecular formula is C15H27N3O. The third-order valence-corrected chi connectivity index (χ3v) is 4.83. The monoisotopic (exact) mass is 265 g/mol. The van der Waals surface area contributed by atoms with Gasteiger partial charge in [0, 0.05) is 18.5 Å². The quantitative estimate of drug-likeness (QED) is 0.819. The highest BCUT2D eigenvalue weighted by Gasteiger charge is 2.45. The number of rotatable bonds is 3. The van der Waals surface area contributed by atoms with Crippen molar-refractivity contribution in [1.82, 2.24) is 5.32 Å². The normalized spacial score (nSPS) is 30.5. The van der Waals surface area contributed by atoms with Crippen molar-refractivity contribution in [2.75, 3.05) is 6.54 Å². The van der Waals surface area contributed by atoms with E-state index in [9.17, 15) is 4.79 Å². The Morgan fingerprint density at radius 1 is 1.47 bits per heavy atom. The summed E-state index contributed by atoms with van der Waals surface area (Å²) in [6.07, 6.45) is 1.72. The van der Waals surface area contributed by atoms with E-state index < -0.39 is 5.41 Å². The molecule has 0 aromatic carbocycles. The highest BCUT2D eigenvalue weighted by atomic mass is 16.1. The van der Waals surface area contributed by atoms with Gasteiger partial charge in [-0.05, 0) is 38.0 Å². The Labute approximate surface area is 116 Å². The van der Waals surface area contributed by atoms with Crippen LogP contribution in [-0.4, -0.2) is 18.5 Å². The van der Waals surface area contributed by atoms with Crippen LogP contribution in [0.5, 0.6) is 0 Å². The molecule has 1 rings (SSSR count). The van der Waals surface area contributed by atoms with E-state index in [1.165, 1.54) is 0 Å². The molecule has 0 bridgehead atoms. The summed E-state index contributed by atoms with van der Waals surface area (Å²) in [6.45, 7) is 10.4. The second kappa shape index (κ2) is 5.50. The van der Waals surface area contributed by atoms with Crippen molar-refractivity contribution < 1.29 is 4.79 Å². The number of carbonyl (C=O) groups is 1. The number of amides is 1. The zero-order valence-corrected chi connectivity index (χ0v) is 12.8. The minimum absolute atomic E-state index is 0.0169. The van der Waals surface area contributed by atoms with Gasteiger partial charge in [-0.3, -0.25) is 4.79 Å². The molecule has 4 nitrogen and oxygen atoms in total. The number of nitriles is 1. The average Bonchev–Trinajstić information content (AvgIpc) is 2.33. The zero-order valence-electron chi connectivity index (χ0n) is 12.8. The fourth-order valence-corrected chi connectivity index (χ4v) is 2.79. The molecule has 19 heavy (non-hydrogen) atoms. The molecule has 1 aliphatic rings. The summed E-state index contributed by atoms with van der Waals surface area (Å²) in [6, 6.07) is 2.38. The van der Waals surface area contributed by atoms with Gasteiger partial charge in [0.05, 0.1) is 11.5 Å². The predicted octanol–water partition coefficient (Wildman–Crippen LogP) is 2.05. The molecule has 0 aliphatic heterocycles. The van der Waals surface area contributed by atoms with E-state index in [1.54, 1.807) is 0 Å². The van der Waals surface area contributed by atoms with Crippen LogP contribution in [0.3, 0.4) is 0 Å². The first-order chi connectivity index (χ1) is 8.62. The van der Waals surface area contributed by atoms with Crippen molar-refractivity contribution in [3.8, 4) is 6.07 Å². The maximum atomic E-state index is 12.4. The number of hydrogen-bond donors (Lipinski definition) is 2. The second-order valence-electron chi connectivity index (χ2n) is 7.12. The van der Waals surface area contributed by atoms with Crippen molar-refractivity contribution in [1.29, 1.82) is 5.26 Å². The maximum Gasteiger partial charge on any atom is 0.223 e. The van der Waals surface area contributed by atoms with Crippen molar-refractivity contribution in [2.24, 2.45) is 28.4 Å². The molecule has 108 valence electrons. The van der Waals surface area contributed by atoms with Crippen LogP contribution < -0.4 is 11.1 Å². The Morgan fingerprint density at radius 2 is 2.05 bits per heavy atom. The summed E-state index contributed by atoms with van der Waals surface area (Å²) in [5, 5.41) is 11.9. The van der Waals surface area contributed by atoms with Crippen molar-refractivity contribution in [3.05, 3.63) is 0 Å². The molecule has 1 aliphatic carbocycles. The number of nitrogens with one attached hydrogen (secondary N) is 1. The Morgan fingerprint density at radius 3 is 2.58 bits per heavy atom. The van der Waals surface area contributed by atoms with Gasteiger partial charge in [-0.1, -0.05) is 20.8 Å².